The van der Waals surface area contributed by atoms with Crippen LogP contribution in [0.5, 0.6) is 11.5 Å². The summed E-state index contributed by atoms with van der Waals surface area (Å²) < 4.78 is 37.1. The molecule has 0 amide bonds. The molecule has 0 fully saturated rings. The zero-order valence-electron chi connectivity index (χ0n) is 13.0. The number of aryl methyl sites for hydroxylation is 1. The van der Waals surface area contributed by atoms with E-state index in [0.29, 0.717) is 12.3 Å². The fourth-order valence-electron chi connectivity index (χ4n) is 2.01. The lowest BCUT2D eigenvalue weighted by Gasteiger charge is -2.19. The van der Waals surface area contributed by atoms with Crippen molar-refractivity contribution in [2.24, 2.45) is 0 Å². The Kier molecular flexibility index (Phi) is 5.10. The van der Waals surface area contributed by atoms with E-state index in [0.717, 1.165) is 10.4 Å². The molecule has 0 spiro atoms. The van der Waals surface area contributed by atoms with Crippen molar-refractivity contribution in [1.29, 1.82) is 0 Å². The van der Waals surface area contributed by atoms with Gasteiger partial charge in [-0.1, -0.05) is 0 Å². The molecule has 1 aromatic carbocycles. The van der Waals surface area contributed by atoms with Gasteiger partial charge in [-0.2, -0.15) is 4.31 Å². The van der Waals surface area contributed by atoms with Crippen LogP contribution >= 0.6 is 11.3 Å². The van der Waals surface area contributed by atoms with Crippen LogP contribution in [0.15, 0.2) is 34.5 Å². The van der Waals surface area contributed by atoms with Gasteiger partial charge in [0, 0.05) is 24.5 Å². The summed E-state index contributed by atoms with van der Waals surface area (Å²) in [4.78, 5) is 1.16. The van der Waals surface area contributed by atoms with Gasteiger partial charge < -0.3 is 9.47 Å². The molecule has 2 aromatic rings. The molecule has 5 nitrogen and oxygen atoms in total. The average molecular weight is 341 g/mol. The third kappa shape index (κ3) is 3.26. The van der Waals surface area contributed by atoms with Crippen molar-refractivity contribution in [3.8, 4) is 11.5 Å². The third-order valence-electron chi connectivity index (χ3n) is 3.39. The van der Waals surface area contributed by atoms with Crippen molar-refractivity contribution in [2.45, 2.75) is 18.4 Å². The molecular weight excluding hydrogens is 322 g/mol. The Hall–Kier alpha value is -1.57. The Labute approximate surface area is 135 Å². The van der Waals surface area contributed by atoms with Crippen LogP contribution in [0.1, 0.15) is 10.4 Å². The highest BCUT2D eigenvalue weighted by molar-refractivity contribution is 7.89. The van der Waals surface area contributed by atoms with Crippen LogP contribution < -0.4 is 9.47 Å². The standard InChI is InChI=1S/C15H19NO4S2/c1-11-7-8-21-14(11)10-16(2)22(17,18)15-6-5-12(19-3)9-13(15)20-4/h5-9H,10H2,1-4H3. The first-order valence-corrected chi connectivity index (χ1v) is 8.93. The summed E-state index contributed by atoms with van der Waals surface area (Å²) in [5.74, 6) is 0.821. The number of rotatable bonds is 6. The molecular formula is C15H19NO4S2. The Bertz CT molecular complexity index is 753. The zero-order chi connectivity index (χ0) is 16.3. The minimum Gasteiger partial charge on any atom is -0.497 e. The average Bonchev–Trinajstić information content (AvgIpc) is 2.91. The summed E-state index contributed by atoms with van der Waals surface area (Å²) in [5.41, 5.74) is 1.09. The number of benzene rings is 1. The minimum atomic E-state index is -3.64. The highest BCUT2D eigenvalue weighted by Crippen LogP contribution is 2.31. The van der Waals surface area contributed by atoms with E-state index in [9.17, 15) is 8.42 Å². The van der Waals surface area contributed by atoms with Gasteiger partial charge in [-0.3, -0.25) is 0 Å². The van der Waals surface area contributed by atoms with E-state index >= 15 is 0 Å². The van der Waals surface area contributed by atoms with Crippen molar-refractivity contribution >= 4 is 21.4 Å². The van der Waals surface area contributed by atoms with Gasteiger partial charge in [0.15, 0.2) is 0 Å². The largest absolute Gasteiger partial charge is 0.497 e. The van der Waals surface area contributed by atoms with E-state index in [1.807, 2.05) is 18.4 Å². The zero-order valence-corrected chi connectivity index (χ0v) is 14.6. The lowest BCUT2D eigenvalue weighted by atomic mass is 10.3. The molecule has 0 bridgehead atoms. The van der Waals surface area contributed by atoms with Crippen LogP contribution in [-0.4, -0.2) is 34.0 Å². The number of nitrogens with zero attached hydrogens (tertiary/aromatic N) is 1. The van der Waals surface area contributed by atoms with E-state index in [1.165, 1.54) is 24.6 Å². The molecule has 0 saturated carbocycles. The van der Waals surface area contributed by atoms with Gasteiger partial charge in [0.25, 0.3) is 0 Å². The van der Waals surface area contributed by atoms with E-state index in [4.69, 9.17) is 9.47 Å². The summed E-state index contributed by atoms with van der Waals surface area (Å²) in [6.45, 7) is 2.31. The number of ether oxygens (including phenoxy) is 2. The quantitative estimate of drug-likeness (QED) is 0.811. The van der Waals surface area contributed by atoms with Crippen molar-refractivity contribution in [3.63, 3.8) is 0 Å². The molecule has 0 radical (unpaired) electrons. The molecule has 0 aliphatic heterocycles. The Morgan fingerprint density at radius 2 is 1.91 bits per heavy atom. The van der Waals surface area contributed by atoms with Crippen molar-refractivity contribution < 1.29 is 17.9 Å². The third-order valence-corrected chi connectivity index (χ3v) is 6.24. The molecule has 2 rings (SSSR count). The predicted octanol–water partition coefficient (Wildman–Crippen LogP) is 2.89. The SMILES string of the molecule is COc1ccc(S(=O)(=O)N(C)Cc2sccc2C)c(OC)c1. The first-order valence-electron chi connectivity index (χ1n) is 6.61. The minimum absolute atomic E-state index is 0.132. The van der Waals surface area contributed by atoms with Crippen LogP contribution in [0, 0.1) is 6.92 Å². The van der Waals surface area contributed by atoms with Gasteiger partial charge in [-0.05, 0) is 36.1 Å². The second-order valence-electron chi connectivity index (χ2n) is 4.80. The summed E-state index contributed by atoms with van der Waals surface area (Å²) in [6.07, 6.45) is 0. The molecule has 0 N–H and O–H groups in total. The molecule has 0 saturated heterocycles. The summed E-state index contributed by atoms with van der Waals surface area (Å²) in [5, 5.41) is 1.96. The molecule has 1 heterocycles. The van der Waals surface area contributed by atoms with Gasteiger partial charge >= 0.3 is 0 Å². The second kappa shape index (κ2) is 6.68. The van der Waals surface area contributed by atoms with Gasteiger partial charge in [-0.25, -0.2) is 8.42 Å². The number of thiophene rings is 1. The monoisotopic (exact) mass is 341 g/mol. The maximum absolute atomic E-state index is 12.8. The topological polar surface area (TPSA) is 55.8 Å². The fourth-order valence-corrected chi connectivity index (χ4v) is 4.32. The molecule has 1 aromatic heterocycles. The van der Waals surface area contributed by atoms with Crippen LogP contribution in [0.2, 0.25) is 0 Å². The molecule has 0 aliphatic carbocycles. The Morgan fingerprint density at radius 3 is 2.45 bits per heavy atom. The van der Waals surface area contributed by atoms with Gasteiger partial charge in [0.2, 0.25) is 10.0 Å². The Balaban J connectivity index is 2.35. The number of sulfonamides is 1. The van der Waals surface area contributed by atoms with Gasteiger partial charge in [-0.15, -0.1) is 11.3 Å². The first kappa shape index (κ1) is 16.8. The van der Waals surface area contributed by atoms with Crippen LogP contribution in [0.3, 0.4) is 0 Å². The highest BCUT2D eigenvalue weighted by atomic mass is 32.2. The van der Waals surface area contributed by atoms with Crippen molar-refractivity contribution in [3.05, 3.63) is 40.1 Å². The van der Waals surface area contributed by atoms with Crippen LogP contribution in [0.4, 0.5) is 0 Å². The van der Waals surface area contributed by atoms with Crippen LogP contribution in [0.25, 0.3) is 0 Å². The van der Waals surface area contributed by atoms with E-state index < -0.39 is 10.0 Å². The highest BCUT2D eigenvalue weighted by Gasteiger charge is 2.26. The lowest BCUT2D eigenvalue weighted by molar-refractivity contribution is 0.383. The number of hydrogen-bond donors (Lipinski definition) is 0. The van der Waals surface area contributed by atoms with E-state index in [2.05, 4.69) is 0 Å². The normalized spacial score (nSPS) is 11.7. The Morgan fingerprint density at radius 1 is 1.18 bits per heavy atom. The summed E-state index contributed by atoms with van der Waals surface area (Å²) >= 11 is 1.55. The predicted molar refractivity (Wildman–Crippen MR) is 87.3 cm³/mol. The molecule has 0 aliphatic rings. The summed E-state index contributed by atoms with van der Waals surface area (Å²) in [7, 11) is 0.892. The number of hydrogen-bond acceptors (Lipinski definition) is 5. The maximum atomic E-state index is 12.8. The molecule has 0 unspecified atom stereocenters. The van der Waals surface area contributed by atoms with E-state index in [-0.39, 0.29) is 10.6 Å². The first-order chi connectivity index (χ1) is 10.4. The molecule has 120 valence electrons. The van der Waals surface area contributed by atoms with Crippen LogP contribution in [-0.2, 0) is 16.6 Å². The van der Waals surface area contributed by atoms with Crippen molar-refractivity contribution in [1.82, 2.24) is 4.31 Å². The summed E-state index contributed by atoms with van der Waals surface area (Å²) in [6, 6.07) is 6.66. The van der Waals surface area contributed by atoms with E-state index in [1.54, 1.807) is 30.5 Å². The van der Waals surface area contributed by atoms with Gasteiger partial charge in [0.1, 0.15) is 16.4 Å². The molecule has 0 atom stereocenters. The van der Waals surface area contributed by atoms with Crippen molar-refractivity contribution in [2.75, 3.05) is 21.3 Å². The molecule has 7 heteroatoms. The maximum Gasteiger partial charge on any atom is 0.246 e. The smallest absolute Gasteiger partial charge is 0.246 e. The second-order valence-corrected chi connectivity index (χ2v) is 7.82. The molecule has 22 heavy (non-hydrogen) atoms. The lowest BCUT2D eigenvalue weighted by Crippen LogP contribution is -2.26. The fraction of sp³-hybridized carbons (Fsp3) is 0.333. The van der Waals surface area contributed by atoms with Gasteiger partial charge in [0.05, 0.1) is 14.2 Å². The number of methoxy groups -OCH3 is 2.